The largest absolute Gasteiger partial charge is 0.368 e. The molecule has 1 fully saturated rings. The maximum Gasteiger partial charge on any atom is 0.267 e. The summed E-state index contributed by atoms with van der Waals surface area (Å²) in [5.41, 5.74) is 10.9. The normalized spacial score (nSPS) is 14.9. The number of aromatic nitrogens is 3. The number of aromatic amines is 1. The monoisotopic (exact) mass is 406 g/mol. The summed E-state index contributed by atoms with van der Waals surface area (Å²) in [5, 5.41) is 0. The minimum Gasteiger partial charge on any atom is -0.368 e. The number of carbonyl (C=O) groups excluding carboxylic acids is 1. The Morgan fingerprint density at radius 3 is 2.57 bits per heavy atom. The highest BCUT2D eigenvalue weighted by Gasteiger charge is 2.19. The Balaban J connectivity index is 1.42. The number of nitrogens with zero attached hydrogens (tertiary/aromatic N) is 4. The van der Waals surface area contributed by atoms with Crippen LogP contribution >= 0.6 is 0 Å². The lowest BCUT2D eigenvalue weighted by Crippen LogP contribution is -2.46. The fourth-order valence-corrected chi connectivity index (χ4v) is 3.93. The molecule has 0 saturated carbocycles. The van der Waals surface area contributed by atoms with Crippen molar-refractivity contribution in [2.45, 2.75) is 26.8 Å². The van der Waals surface area contributed by atoms with Crippen LogP contribution in [0.5, 0.6) is 0 Å². The molecule has 3 aromatic rings. The Bertz CT molecular complexity index is 1150. The molecular formula is C22H26N6O2. The Morgan fingerprint density at radius 2 is 1.90 bits per heavy atom. The Morgan fingerprint density at radius 1 is 1.13 bits per heavy atom. The van der Waals surface area contributed by atoms with Crippen LogP contribution in [0.15, 0.2) is 35.4 Å². The summed E-state index contributed by atoms with van der Waals surface area (Å²) in [7, 11) is 0. The minimum absolute atomic E-state index is 0.0381. The molecule has 0 bridgehead atoms. The molecule has 156 valence electrons. The van der Waals surface area contributed by atoms with Crippen LogP contribution < -0.4 is 16.2 Å². The van der Waals surface area contributed by atoms with E-state index in [4.69, 9.17) is 5.73 Å². The number of nitrogens with two attached hydrogens (primary N) is 1. The zero-order chi connectivity index (χ0) is 21.3. The second-order valence-electron chi connectivity index (χ2n) is 7.74. The summed E-state index contributed by atoms with van der Waals surface area (Å²) in [4.78, 5) is 39.8. The third-order valence-corrected chi connectivity index (χ3v) is 5.65. The van der Waals surface area contributed by atoms with Crippen LogP contribution in [0, 0.1) is 6.92 Å². The molecule has 30 heavy (non-hydrogen) atoms. The van der Waals surface area contributed by atoms with Crippen molar-refractivity contribution in [3.05, 3.63) is 63.3 Å². The second-order valence-corrected chi connectivity index (χ2v) is 7.74. The molecule has 1 aliphatic rings. The van der Waals surface area contributed by atoms with Gasteiger partial charge in [-0.2, -0.15) is 0 Å². The Labute approximate surface area is 174 Å². The highest BCUT2D eigenvalue weighted by molar-refractivity contribution is 5.92. The first-order chi connectivity index (χ1) is 14.4. The fraction of sp³-hybridized carbons (Fsp3) is 0.364. The predicted octanol–water partition coefficient (Wildman–Crippen LogP) is 1.61. The van der Waals surface area contributed by atoms with E-state index in [1.165, 1.54) is 0 Å². The van der Waals surface area contributed by atoms with Crippen molar-refractivity contribution < 1.29 is 4.79 Å². The van der Waals surface area contributed by atoms with Gasteiger partial charge in [-0.25, -0.2) is 4.98 Å². The van der Waals surface area contributed by atoms with Crippen LogP contribution in [0.4, 0.5) is 5.69 Å². The fourth-order valence-electron chi connectivity index (χ4n) is 3.93. The summed E-state index contributed by atoms with van der Waals surface area (Å²) in [6, 6.07) is 5.86. The number of fused-ring (bicyclic) bond motifs is 1. The number of hydrogen-bond acceptors (Lipinski definition) is 6. The SMILES string of the molecule is CCc1cc2ncc(CN3CCN(c4cnc(C(N)=O)c(C)c4)CC3)cc2[nH]c1=O. The lowest BCUT2D eigenvalue weighted by Gasteiger charge is -2.36. The number of rotatable bonds is 5. The number of aryl methyl sites for hydroxylation is 2. The van der Waals surface area contributed by atoms with E-state index in [-0.39, 0.29) is 5.56 Å². The molecular weight excluding hydrogens is 380 g/mol. The van der Waals surface area contributed by atoms with E-state index in [2.05, 4.69) is 24.8 Å². The molecule has 8 nitrogen and oxygen atoms in total. The van der Waals surface area contributed by atoms with Crippen molar-refractivity contribution in [1.29, 1.82) is 0 Å². The van der Waals surface area contributed by atoms with Gasteiger partial charge >= 0.3 is 0 Å². The van der Waals surface area contributed by atoms with E-state index in [0.29, 0.717) is 12.1 Å². The van der Waals surface area contributed by atoms with Crippen molar-refractivity contribution >= 4 is 22.6 Å². The molecule has 0 atom stereocenters. The first-order valence-electron chi connectivity index (χ1n) is 10.2. The number of amides is 1. The van der Waals surface area contributed by atoms with Crippen LogP contribution in [-0.4, -0.2) is 51.9 Å². The van der Waals surface area contributed by atoms with Crippen molar-refractivity contribution in [2.24, 2.45) is 5.73 Å². The molecule has 1 amide bonds. The molecule has 1 aliphatic heterocycles. The predicted molar refractivity (Wildman–Crippen MR) is 117 cm³/mol. The summed E-state index contributed by atoms with van der Waals surface area (Å²) in [6.07, 6.45) is 4.30. The van der Waals surface area contributed by atoms with Gasteiger partial charge in [0.1, 0.15) is 5.69 Å². The number of H-pyrrole nitrogens is 1. The number of anilines is 1. The summed E-state index contributed by atoms with van der Waals surface area (Å²) in [5.74, 6) is -0.500. The molecule has 8 heteroatoms. The minimum atomic E-state index is -0.500. The number of piperazine rings is 1. The van der Waals surface area contributed by atoms with Gasteiger partial charge in [-0.15, -0.1) is 0 Å². The summed E-state index contributed by atoms with van der Waals surface area (Å²) in [6.45, 7) is 8.15. The number of pyridine rings is 3. The molecule has 3 aromatic heterocycles. The van der Waals surface area contributed by atoms with E-state index >= 15 is 0 Å². The first kappa shape index (κ1) is 20.0. The van der Waals surface area contributed by atoms with Gasteiger partial charge in [0.05, 0.1) is 22.9 Å². The summed E-state index contributed by atoms with van der Waals surface area (Å²) < 4.78 is 0. The van der Waals surface area contributed by atoms with E-state index in [0.717, 1.165) is 66.1 Å². The first-order valence-corrected chi connectivity index (χ1v) is 10.2. The highest BCUT2D eigenvalue weighted by atomic mass is 16.1. The van der Waals surface area contributed by atoms with Gasteiger partial charge in [-0.3, -0.25) is 19.5 Å². The molecule has 0 aliphatic carbocycles. The van der Waals surface area contributed by atoms with Crippen LogP contribution in [0.1, 0.15) is 34.1 Å². The van der Waals surface area contributed by atoms with E-state index in [1.54, 1.807) is 6.20 Å². The van der Waals surface area contributed by atoms with Crippen LogP contribution in [0.3, 0.4) is 0 Å². The third-order valence-electron chi connectivity index (χ3n) is 5.65. The van der Waals surface area contributed by atoms with Gasteiger partial charge in [-0.1, -0.05) is 6.92 Å². The molecule has 0 radical (unpaired) electrons. The summed E-state index contributed by atoms with van der Waals surface area (Å²) >= 11 is 0. The lowest BCUT2D eigenvalue weighted by molar-refractivity contribution is 0.0995. The quantitative estimate of drug-likeness (QED) is 0.666. The van der Waals surface area contributed by atoms with Crippen molar-refractivity contribution in [3.63, 3.8) is 0 Å². The molecule has 4 heterocycles. The third kappa shape index (κ3) is 4.04. The van der Waals surface area contributed by atoms with E-state index < -0.39 is 5.91 Å². The van der Waals surface area contributed by atoms with Crippen molar-refractivity contribution in [1.82, 2.24) is 19.9 Å². The Kier molecular flexibility index (Phi) is 5.50. The lowest BCUT2D eigenvalue weighted by atomic mass is 10.1. The Hall–Kier alpha value is -3.26. The molecule has 0 unspecified atom stereocenters. The van der Waals surface area contributed by atoms with Crippen molar-refractivity contribution in [3.8, 4) is 0 Å². The zero-order valence-electron chi connectivity index (χ0n) is 17.3. The number of primary amides is 1. The van der Waals surface area contributed by atoms with Crippen LogP contribution in [0.2, 0.25) is 0 Å². The maximum absolute atomic E-state index is 12.1. The van der Waals surface area contributed by atoms with Gasteiger partial charge in [-0.05, 0) is 42.7 Å². The van der Waals surface area contributed by atoms with Crippen LogP contribution in [-0.2, 0) is 13.0 Å². The average molecular weight is 406 g/mol. The van der Waals surface area contributed by atoms with Crippen LogP contribution in [0.25, 0.3) is 11.0 Å². The van der Waals surface area contributed by atoms with E-state index in [9.17, 15) is 9.59 Å². The second kappa shape index (κ2) is 8.23. The smallest absolute Gasteiger partial charge is 0.267 e. The van der Waals surface area contributed by atoms with Gasteiger partial charge in [0, 0.05) is 44.5 Å². The number of hydrogen-bond donors (Lipinski definition) is 2. The van der Waals surface area contributed by atoms with Gasteiger partial charge in [0.25, 0.3) is 11.5 Å². The van der Waals surface area contributed by atoms with Gasteiger partial charge in [0.15, 0.2) is 0 Å². The molecule has 1 saturated heterocycles. The topological polar surface area (TPSA) is 108 Å². The highest BCUT2D eigenvalue weighted by Crippen LogP contribution is 2.20. The molecule has 4 rings (SSSR count). The molecule has 3 N–H and O–H groups in total. The van der Waals surface area contributed by atoms with Crippen molar-refractivity contribution in [2.75, 3.05) is 31.1 Å². The molecule has 0 aromatic carbocycles. The van der Waals surface area contributed by atoms with Gasteiger partial charge in [0.2, 0.25) is 0 Å². The average Bonchev–Trinajstić information content (AvgIpc) is 2.73. The van der Waals surface area contributed by atoms with E-state index in [1.807, 2.05) is 38.2 Å². The van der Waals surface area contributed by atoms with Gasteiger partial charge < -0.3 is 15.6 Å². The number of nitrogens with one attached hydrogen (secondary N) is 1. The molecule has 0 spiro atoms. The number of carbonyl (C=O) groups is 1. The zero-order valence-corrected chi connectivity index (χ0v) is 17.3. The maximum atomic E-state index is 12.1. The standard InChI is InChI=1S/C22H26N6O2/c1-3-16-10-18-19(26-22(16)30)9-15(11-24-18)13-27-4-6-28(7-5-27)17-8-14(2)20(21(23)29)25-12-17/h8-12H,3-7,13H2,1-2H3,(H2,23,29)(H,26,30).